The standard InChI is InChI=1S/C13H25NO2/c1-11(12-5-3-2-4-6-12)14-9-13-7-8-15-10-16-13/h11-14H,2-10H2,1H3/t11-,13?/m0/s1. The van der Waals surface area contributed by atoms with E-state index in [1.165, 1.54) is 32.1 Å². The van der Waals surface area contributed by atoms with Gasteiger partial charge in [-0.3, -0.25) is 0 Å². The summed E-state index contributed by atoms with van der Waals surface area (Å²) < 4.78 is 10.7. The van der Waals surface area contributed by atoms with Gasteiger partial charge in [0.15, 0.2) is 0 Å². The largest absolute Gasteiger partial charge is 0.355 e. The lowest BCUT2D eigenvalue weighted by Crippen LogP contribution is -2.41. The number of hydrogen-bond donors (Lipinski definition) is 1. The summed E-state index contributed by atoms with van der Waals surface area (Å²) in [6.45, 7) is 4.64. The van der Waals surface area contributed by atoms with E-state index in [9.17, 15) is 0 Å². The van der Waals surface area contributed by atoms with E-state index in [0.717, 1.165) is 25.5 Å². The van der Waals surface area contributed by atoms with Crippen LogP contribution in [0.4, 0.5) is 0 Å². The van der Waals surface area contributed by atoms with Crippen molar-refractivity contribution in [3.8, 4) is 0 Å². The molecule has 1 unspecified atom stereocenters. The van der Waals surface area contributed by atoms with Crippen LogP contribution in [0.1, 0.15) is 45.4 Å². The summed E-state index contributed by atoms with van der Waals surface area (Å²) in [4.78, 5) is 0. The van der Waals surface area contributed by atoms with Crippen LogP contribution in [0.2, 0.25) is 0 Å². The van der Waals surface area contributed by atoms with Gasteiger partial charge >= 0.3 is 0 Å². The highest BCUT2D eigenvalue weighted by molar-refractivity contribution is 4.77. The molecule has 0 radical (unpaired) electrons. The molecule has 3 nitrogen and oxygen atoms in total. The zero-order valence-electron chi connectivity index (χ0n) is 10.4. The van der Waals surface area contributed by atoms with Crippen molar-refractivity contribution >= 4 is 0 Å². The first kappa shape index (κ1) is 12.3. The van der Waals surface area contributed by atoms with E-state index in [4.69, 9.17) is 9.47 Å². The Morgan fingerprint density at radius 2 is 2.00 bits per heavy atom. The van der Waals surface area contributed by atoms with Crippen LogP contribution in [0, 0.1) is 5.92 Å². The van der Waals surface area contributed by atoms with Crippen molar-refractivity contribution < 1.29 is 9.47 Å². The Morgan fingerprint density at radius 3 is 2.69 bits per heavy atom. The molecule has 1 saturated heterocycles. The van der Waals surface area contributed by atoms with E-state index in [0.29, 0.717) is 18.9 Å². The lowest BCUT2D eigenvalue weighted by Gasteiger charge is -2.30. The fourth-order valence-electron chi connectivity index (χ4n) is 2.78. The molecule has 2 aliphatic rings. The third-order valence-electron chi connectivity index (χ3n) is 4.00. The highest BCUT2D eigenvalue weighted by atomic mass is 16.7. The fourth-order valence-corrected chi connectivity index (χ4v) is 2.78. The zero-order chi connectivity index (χ0) is 11.2. The third-order valence-corrected chi connectivity index (χ3v) is 4.00. The summed E-state index contributed by atoms with van der Waals surface area (Å²) in [7, 11) is 0. The molecule has 1 N–H and O–H groups in total. The van der Waals surface area contributed by atoms with Crippen LogP contribution in [-0.2, 0) is 9.47 Å². The normalized spacial score (nSPS) is 30.2. The smallest absolute Gasteiger partial charge is 0.147 e. The molecule has 16 heavy (non-hydrogen) atoms. The lowest BCUT2D eigenvalue weighted by atomic mass is 9.84. The van der Waals surface area contributed by atoms with E-state index in [1.54, 1.807) is 0 Å². The topological polar surface area (TPSA) is 30.5 Å². The minimum absolute atomic E-state index is 0.361. The van der Waals surface area contributed by atoms with Crippen molar-refractivity contribution in [1.29, 1.82) is 0 Å². The predicted octanol–water partition coefficient (Wildman–Crippen LogP) is 2.31. The minimum Gasteiger partial charge on any atom is -0.355 e. The summed E-state index contributed by atoms with van der Waals surface area (Å²) in [6.07, 6.45) is 8.48. The Labute approximate surface area is 98.9 Å². The van der Waals surface area contributed by atoms with Gasteiger partial charge in [0, 0.05) is 12.6 Å². The third kappa shape index (κ3) is 3.72. The van der Waals surface area contributed by atoms with E-state index in [1.807, 2.05) is 0 Å². The van der Waals surface area contributed by atoms with Crippen molar-refractivity contribution in [1.82, 2.24) is 5.32 Å². The van der Waals surface area contributed by atoms with Gasteiger partial charge in [-0.15, -0.1) is 0 Å². The van der Waals surface area contributed by atoms with Crippen molar-refractivity contribution in [2.75, 3.05) is 19.9 Å². The van der Waals surface area contributed by atoms with Gasteiger partial charge in [0.25, 0.3) is 0 Å². The van der Waals surface area contributed by atoms with Crippen LogP contribution in [0.3, 0.4) is 0 Å². The second-order valence-corrected chi connectivity index (χ2v) is 5.20. The van der Waals surface area contributed by atoms with Gasteiger partial charge in [-0.05, 0) is 32.1 Å². The van der Waals surface area contributed by atoms with Crippen LogP contribution in [0.5, 0.6) is 0 Å². The zero-order valence-corrected chi connectivity index (χ0v) is 10.4. The van der Waals surface area contributed by atoms with Gasteiger partial charge in [0.2, 0.25) is 0 Å². The van der Waals surface area contributed by atoms with Gasteiger partial charge < -0.3 is 14.8 Å². The quantitative estimate of drug-likeness (QED) is 0.799. The molecule has 2 rings (SSSR count). The van der Waals surface area contributed by atoms with Crippen LogP contribution in [0.15, 0.2) is 0 Å². The minimum atomic E-state index is 0.361. The Hall–Kier alpha value is -0.120. The Bertz CT molecular complexity index is 186. The molecule has 0 spiro atoms. The van der Waals surface area contributed by atoms with Crippen molar-refractivity contribution in [2.24, 2.45) is 5.92 Å². The molecule has 0 aromatic heterocycles. The Kier molecular flexibility index (Phi) is 5.07. The molecule has 1 saturated carbocycles. The maximum Gasteiger partial charge on any atom is 0.147 e. The van der Waals surface area contributed by atoms with Crippen molar-refractivity contribution in [3.63, 3.8) is 0 Å². The van der Waals surface area contributed by atoms with Crippen LogP contribution in [-0.4, -0.2) is 32.1 Å². The summed E-state index contributed by atoms with van der Waals surface area (Å²) in [5.41, 5.74) is 0. The number of nitrogens with one attached hydrogen (secondary N) is 1. The molecule has 1 heterocycles. The van der Waals surface area contributed by atoms with Gasteiger partial charge in [-0.25, -0.2) is 0 Å². The average Bonchev–Trinajstić information content (AvgIpc) is 2.38. The fraction of sp³-hybridized carbons (Fsp3) is 1.00. The first-order valence-electron chi connectivity index (χ1n) is 6.79. The molecule has 1 aliphatic heterocycles. The highest BCUT2D eigenvalue weighted by Gasteiger charge is 2.21. The van der Waals surface area contributed by atoms with Gasteiger partial charge in [-0.2, -0.15) is 0 Å². The molecule has 94 valence electrons. The molecule has 3 heteroatoms. The van der Waals surface area contributed by atoms with E-state index < -0.39 is 0 Å². The summed E-state index contributed by atoms with van der Waals surface area (Å²) >= 11 is 0. The first-order chi connectivity index (χ1) is 7.86. The first-order valence-corrected chi connectivity index (χ1v) is 6.79. The summed E-state index contributed by atoms with van der Waals surface area (Å²) in [6, 6.07) is 0.645. The SMILES string of the molecule is C[C@H](NCC1CCOCO1)C1CCCCC1. The monoisotopic (exact) mass is 227 g/mol. The molecular formula is C13H25NO2. The van der Waals surface area contributed by atoms with Crippen molar-refractivity contribution in [3.05, 3.63) is 0 Å². The molecule has 0 bridgehead atoms. The van der Waals surface area contributed by atoms with E-state index in [2.05, 4.69) is 12.2 Å². The van der Waals surface area contributed by atoms with Gasteiger partial charge in [-0.1, -0.05) is 19.3 Å². The molecule has 1 aliphatic carbocycles. The molecule has 0 aromatic rings. The lowest BCUT2D eigenvalue weighted by molar-refractivity contribution is -0.137. The number of rotatable bonds is 4. The highest BCUT2D eigenvalue weighted by Crippen LogP contribution is 2.26. The van der Waals surface area contributed by atoms with Gasteiger partial charge in [0.1, 0.15) is 6.79 Å². The number of hydrogen-bond acceptors (Lipinski definition) is 3. The van der Waals surface area contributed by atoms with Crippen LogP contribution < -0.4 is 5.32 Å². The van der Waals surface area contributed by atoms with Crippen LogP contribution >= 0.6 is 0 Å². The second-order valence-electron chi connectivity index (χ2n) is 5.20. The molecule has 0 amide bonds. The summed E-state index contributed by atoms with van der Waals surface area (Å²) in [5, 5.41) is 3.64. The molecule has 0 aromatic carbocycles. The molecule has 2 fully saturated rings. The maximum atomic E-state index is 5.53. The predicted molar refractivity (Wildman–Crippen MR) is 64.3 cm³/mol. The van der Waals surface area contributed by atoms with Gasteiger partial charge in [0.05, 0.1) is 12.7 Å². The Morgan fingerprint density at radius 1 is 1.19 bits per heavy atom. The average molecular weight is 227 g/mol. The van der Waals surface area contributed by atoms with Crippen LogP contribution in [0.25, 0.3) is 0 Å². The molecule has 2 atom stereocenters. The summed E-state index contributed by atoms with van der Waals surface area (Å²) in [5.74, 6) is 0.883. The Balaban J connectivity index is 1.63. The van der Waals surface area contributed by atoms with E-state index >= 15 is 0 Å². The number of ether oxygens (including phenoxy) is 2. The molecular weight excluding hydrogens is 202 g/mol. The van der Waals surface area contributed by atoms with Crippen molar-refractivity contribution in [2.45, 2.75) is 57.6 Å². The maximum absolute atomic E-state index is 5.53. The van der Waals surface area contributed by atoms with E-state index in [-0.39, 0.29) is 0 Å². The second kappa shape index (κ2) is 6.58.